The van der Waals surface area contributed by atoms with Crippen molar-refractivity contribution in [3.8, 4) is 0 Å². The van der Waals surface area contributed by atoms with Crippen molar-refractivity contribution in [2.24, 2.45) is 11.7 Å². The summed E-state index contributed by atoms with van der Waals surface area (Å²) in [5.41, 5.74) is 6.27. The van der Waals surface area contributed by atoms with Crippen LogP contribution >= 0.6 is 11.3 Å². The second-order valence-corrected chi connectivity index (χ2v) is 4.89. The second-order valence-electron chi connectivity index (χ2n) is 4.00. The van der Waals surface area contributed by atoms with Crippen LogP contribution in [0, 0.1) is 5.92 Å². The molecule has 0 spiro atoms. The SMILES string of the molecule is CCC(C)CC(=O)c1csc(C(C)N)n1. The fourth-order valence-electron chi connectivity index (χ4n) is 1.19. The van der Waals surface area contributed by atoms with E-state index in [1.807, 2.05) is 12.3 Å². The molecule has 2 atom stereocenters. The van der Waals surface area contributed by atoms with Crippen molar-refractivity contribution < 1.29 is 4.79 Å². The van der Waals surface area contributed by atoms with Gasteiger partial charge in [0.15, 0.2) is 5.78 Å². The topological polar surface area (TPSA) is 56.0 Å². The van der Waals surface area contributed by atoms with Crippen LogP contribution in [-0.2, 0) is 0 Å². The zero-order chi connectivity index (χ0) is 11.4. The largest absolute Gasteiger partial charge is 0.322 e. The minimum absolute atomic E-state index is 0.0832. The Kier molecular flexibility index (Phi) is 4.42. The van der Waals surface area contributed by atoms with Gasteiger partial charge in [-0.2, -0.15) is 0 Å². The predicted molar refractivity (Wildman–Crippen MR) is 63.1 cm³/mol. The lowest BCUT2D eigenvalue weighted by atomic mass is 10.0. The van der Waals surface area contributed by atoms with Crippen molar-refractivity contribution >= 4 is 17.1 Å². The maximum Gasteiger partial charge on any atom is 0.182 e. The standard InChI is InChI=1S/C11H18N2OS/c1-4-7(2)5-10(14)9-6-15-11(13-9)8(3)12/h6-8H,4-5,12H2,1-3H3. The fourth-order valence-corrected chi connectivity index (χ4v) is 1.97. The van der Waals surface area contributed by atoms with Crippen LogP contribution in [0.15, 0.2) is 5.38 Å². The molecule has 0 bridgehead atoms. The van der Waals surface area contributed by atoms with Gasteiger partial charge in [-0.1, -0.05) is 20.3 Å². The molecule has 4 heteroatoms. The Balaban J connectivity index is 2.66. The lowest BCUT2D eigenvalue weighted by Crippen LogP contribution is -2.08. The Morgan fingerprint density at radius 3 is 2.73 bits per heavy atom. The normalized spacial score (nSPS) is 14.9. The first-order chi connectivity index (χ1) is 7.04. The number of rotatable bonds is 5. The summed E-state index contributed by atoms with van der Waals surface area (Å²) >= 11 is 1.46. The summed E-state index contributed by atoms with van der Waals surface area (Å²) in [6.45, 7) is 6.05. The highest BCUT2D eigenvalue weighted by Gasteiger charge is 2.14. The smallest absolute Gasteiger partial charge is 0.182 e. The predicted octanol–water partition coefficient (Wildman–Crippen LogP) is 2.78. The van der Waals surface area contributed by atoms with E-state index in [0.29, 0.717) is 18.0 Å². The van der Waals surface area contributed by atoms with Crippen molar-refractivity contribution in [2.45, 2.75) is 39.7 Å². The van der Waals surface area contributed by atoms with E-state index in [4.69, 9.17) is 5.73 Å². The van der Waals surface area contributed by atoms with Crippen molar-refractivity contribution in [1.82, 2.24) is 4.98 Å². The van der Waals surface area contributed by atoms with Crippen molar-refractivity contribution in [3.63, 3.8) is 0 Å². The van der Waals surface area contributed by atoms with E-state index in [9.17, 15) is 4.79 Å². The number of hydrogen-bond acceptors (Lipinski definition) is 4. The van der Waals surface area contributed by atoms with Crippen molar-refractivity contribution in [3.05, 3.63) is 16.1 Å². The van der Waals surface area contributed by atoms with Gasteiger partial charge in [0.25, 0.3) is 0 Å². The first kappa shape index (κ1) is 12.3. The third-order valence-electron chi connectivity index (χ3n) is 2.43. The molecule has 1 aromatic heterocycles. The van der Waals surface area contributed by atoms with Gasteiger partial charge in [-0.3, -0.25) is 4.79 Å². The average molecular weight is 226 g/mol. The third-order valence-corrected chi connectivity index (χ3v) is 3.47. The van der Waals surface area contributed by atoms with Gasteiger partial charge in [0.05, 0.1) is 6.04 Å². The second kappa shape index (κ2) is 5.37. The number of Topliss-reactive ketones (excluding diaryl/α,β-unsaturated/α-hetero) is 1. The highest BCUT2D eigenvalue weighted by atomic mass is 32.1. The van der Waals surface area contributed by atoms with Gasteiger partial charge in [0, 0.05) is 11.8 Å². The summed E-state index contributed by atoms with van der Waals surface area (Å²) in [6.07, 6.45) is 1.61. The monoisotopic (exact) mass is 226 g/mol. The first-order valence-electron chi connectivity index (χ1n) is 5.28. The Morgan fingerprint density at radius 1 is 1.60 bits per heavy atom. The van der Waals surface area contributed by atoms with Crippen LogP contribution in [-0.4, -0.2) is 10.8 Å². The molecule has 2 unspecified atom stereocenters. The van der Waals surface area contributed by atoms with Crippen molar-refractivity contribution in [1.29, 1.82) is 0 Å². The molecule has 0 saturated carbocycles. The highest BCUT2D eigenvalue weighted by Crippen LogP contribution is 2.18. The molecular formula is C11H18N2OS. The van der Waals surface area contributed by atoms with E-state index in [2.05, 4.69) is 18.8 Å². The number of carbonyl (C=O) groups is 1. The number of hydrogen-bond donors (Lipinski definition) is 1. The van der Waals surface area contributed by atoms with E-state index < -0.39 is 0 Å². The summed E-state index contributed by atoms with van der Waals surface area (Å²) in [5, 5.41) is 2.64. The van der Waals surface area contributed by atoms with Gasteiger partial charge in [-0.05, 0) is 12.8 Å². The van der Waals surface area contributed by atoms with Crippen LogP contribution in [0.3, 0.4) is 0 Å². The summed E-state index contributed by atoms with van der Waals surface area (Å²) < 4.78 is 0. The van der Waals surface area contributed by atoms with Crippen LogP contribution in [0.5, 0.6) is 0 Å². The maximum absolute atomic E-state index is 11.8. The van der Waals surface area contributed by atoms with Crippen LogP contribution in [0.2, 0.25) is 0 Å². The number of thiazole rings is 1. The van der Waals surface area contributed by atoms with Gasteiger partial charge < -0.3 is 5.73 Å². The fraction of sp³-hybridized carbons (Fsp3) is 0.636. The molecule has 15 heavy (non-hydrogen) atoms. The van der Waals surface area contributed by atoms with E-state index in [1.54, 1.807) is 0 Å². The van der Waals surface area contributed by atoms with Gasteiger partial charge in [0.2, 0.25) is 0 Å². The minimum Gasteiger partial charge on any atom is -0.322 e. The van der Waals surface area contributed by atoms with Crippen LogP contribution in [0.1, 0.15) is 55.2 Å². The molecule has 1 rings (SSSR count). The number of nitrogens with zero attached hydrogens (tertiary/aromatic N) is 1. The molecule has 0 aromatic carbocycles. The lowest BCUT2D eigenvalue weighted by molar-refractivity contribution is 0.0959. The molecule has 0 fully saturated rings. The lowest BCUT2D eigenvalue weighted by Gasteiger charge is -2.04. The maximum atomic E-state index is 11.8. The van der Waals surface area contributed by atoms with Gasteiger partial charge in [-0.15, -0.1) is 11.3 Å². The minimum atomic E-state index is -0.0832. The highest BCUT2D eigenvalue weighted by molar-refractivity contribution is 7.09. The molecule has 3 nitrogen and oxygen atoms in total. The first-order valence-corrected chi connectivity index (χ1v) is 6.16. The molecule has 1 aromatic rings. The number of aromatic nitrogens is 1. The average Bonchev–Trinajstić information content (AvgIpc) is 2.66. The van der Waals surface area contributed by atoms with Gasteiger partial charge in [0.1, 0.15) is 10.7 Å². The Morgan fingerprint density at radius 2 is 2.27 bits per heavy atom. The Labute approximate surface area is 94.7 Å². The summed E-state index contributed by atoms with van der Waals surface area (Å²) in [6, 6.07) is -0.0832. The zero-order valence-corrected chi connectivity index (χ0v) is 10.3. The summed E-state index contributed by atoms with van der Waals surface area (Å²) in [7, 11) is 0. The van der Waals surface area contributed by atoms with E-state index in [-0.39, 0.29) is 11.8 Å². The molecule has 1 heterocycles. The van der Waals surface area contributed by atoms with Crippen LogP contribution in [0.4, 0.5) is 0 Å². The Bertz CT molecular complexity index is 333. The number of ketones is 1. The summed E-state index contributed by atoms with van der Waals surface area (Å²) in [4.78, 5) is 16.0. The van der Waals surface area contributed by atoms with E-state index >= 15 is 0 Å². The van der Waals surface area contributed by atoms with Crippen molar-refractivity contribution in [2.75, 3.05) is 0 Å². The number of nitrogens with two attached hydrogens (primary N) is 1. The zero-order valence-electron chi connectivity index (χ0n) is 9.49. The number of carbonyl (C=O) groups excluding carboxylic acids is 1. The van der Waals surface area contributed by atoms with Gasteiger partial charge >= 0.3 is 0 Å². The third kappa shape index (κ3) is 3.39. The van der Waals surface area contributed by atoms with Crippen LogP contribution in [0.25, 0.3) is 0 Å². The molecule has 0 aliphatic carbocycles. The quantitative estimate of drug-likeness (QED) is 0.785. The molecule has 2 N–H and O–H groups in total. The molecule has 0 aliphatic heterocycles. The molecular weight excluding hydrogens is 208 g/mol. The van der Waals surface area contributed by atoms with Crippen LogP contribution < -0.4 is 5.73 Å². The Hall–Kier alpha value is -0.740. The van der Waals surface area contributed by atoms with E-state index in [0.717, 1.165) is 11.4 Å². The molecule has 84 valence electrons. The van der Waals surface area contributed by atoms with Gasteiger partial charge in [-0.25, -0.2) is 4.98 Å². The molecule has 0 radical (unpaired) electrons. The molecule has 0 aliphatic rings. The molecule has 0 saturated heterocycles. The summed E-state index contributed by atoms with van der Waals surface area (Å²) in [5.74, 6) is 0.561. The molecule has 0 amide bonds. The van der Waals surface area contributed by atoms with E-state index in [1.165, 1.54) is 11.3 Å².